The number of nitrogens with zero attached hydrogens (tertiary/aromatic N) is 1. The molecular formula is C14H16FNO. The van der Waals surface area contributed by atoms with Crippen LogP contribution < -0.4 is 0 Å². The van der Waals surface area contributed by atoms with Gasteiger partial charge in [-0.1, -0.05) is 37.1 Å². The molecule has 0 saturated heterocycles. The summed E-state index contributed by atoms with van der Waals surface area (Å²) in [5.41, 5.74) is 1.68. The molecule has 1 aliphatic carbocycles. The molecule has 1 aromatic carbocycles. The molecule has 0 atom stereocenters. The second kappa shape index (κ2) is 5.24. The van der Waals surface area contributed by atoms with Gasteiger partial charge >= 0.3 is 0 Å². The molecular weight excluding hydrogens is 217 g/mol. The number of halogens is 1. The Labute approximate surface area is 101 Å². The average Bonchev–Trinajstić information content (AvgIpc) is 2.81. The molecule has 1 fully saturated rings. The largest absolute Gasteiger partial charge is 0.251 e. The van der Waals surface area contributed by atoms with Gasteiger partial charge in [-0.25, -0.2) is 4.79 Å². The number of hydrogen-bond donors (Lipinski definition) is 0. The second-order valence-corrected chi connectivity index (χ2v) is 4.58. The van der Waals surface area contributed by atoms with Gasteiger partial charge in [-0.3, -0.25) is 4.39 Å². The predicted molar refractivity (Wildman–Crippen MR) is 64.4 cm³/mol. The summed E-state index contributed by atoms with van der Waals surface area (Å²) >= 11 is 0. The molecule has 0 radical (unpaired) electrons. The van der Waals surface area contributed by atoms with Crippen molar-refractivity contribution in [1.29, 1.82) is 0 Å². The Morgan fingerprint density at radius 2 is 1.88 bits per heavy atom. The zero-order chi connectivity index (χ0) is 12.1. The number of rotatable bonds is 4. The molecule has 0 unspecified atom stereocenters. The molecule has 0 aromatic heterocycles. The number of benzene rings is 1. The van der Waals surface area contributed by atoms with Gasteiger partial charge in [0.2, 0.25) is 6.08 Å². The molecule has 2 nitrogen and oxygen atoms in total. The van der Waals surface area contributed by atoms with E-state index in [4.69, 9.17) is 0 Å². The SMILES string of the molecule is O=C=NC1(c2ccc(CCF)cc2)CCCC1. The molecule has 90 valence electrons. The van der Waals surface area contributed by atoms with Gasteiger partial charge in [0.1, 0.15) is 0 Å². The fourth-order valence-electron chi connectivity index (χ4n) is 2.60. The monoisotopic (exact) mass is 233 g/mol. The second-order valence-electron chi connectivity index (χ2n) is 4.58. The summed E-state index contributed by atoms with van der Waals surface area (Å²) in [6.07, 6.45) is 6.16. The van der Waals surface area contributed by atoms with Gasteiger partial charge in [-0.05, 0) is 24.0 Å². The normalized spacial score (nSPS) is 17.7. The van der Waals surface area contributed by atoms with Crippen molar-refractivity contribution in [2.24, 2.45) is 4.99 Å². The van der Waals surface area contributed by atoms with Crippen LogP contribution in [0.4, 0.5) is 4.39 Å². The first kappa shape index (κ1) is 12.0. The van der Waals surface area contributed by atoms with E-state index in [0.717, 1.165) is 36.8 Å². The molecule has 0 spiro atoms. The van der Waals surface area contributed by atoms with Crippen molar-refractivity contribution in [1.82, 2.24) is 0 Å². The minimum Gasteiger partial charge on any atom is -0.251 e. The first-order valence-electron chi connectivity index (χ1n) is 6.05. The van der Waals surface area contributed by atoms with E-state index in [9.17, 15) is 9.18 Å². The Bertz CT molecular complexity index is 414. The maximum atomic E-state index is 12.2. The molecule has 2 rings (SSSR count). The molecule has 3 heteroatoms. The van der Waals surface area contributed by atoms with Crippen molar-refractivity contribution in [3.8, 4) is 0 Å². The summed E-state index contributed by atoms with van der Waals surface area (Å²) in [5, 5.41) is 0. The molecule has 1 saturated carbocycles. The zero-order valence-corrected chi connectivity index (χ0v) is 9.79. The Kier molecular flexibility index (Phi) is 3.70. The van der Waals surface area contributed by atoms with E-state index >= 15 is 0 Å². The third-order valence-electron chi connectivity index (χ3n) is 3.56. The van der Waals surface area contributed by atoms with Gasteiger partial charge in [0, 0.05) is 6.42 Å². The highest BCUT2D eigenvalue weighted by Gasteiger charge is 2.35. The Morgan fingerprint density at radius 3 is 2.41 bits per heavy atom. The van der Waals surface area contributed by atoms with Gasteiger partial charge in [0.05, 0.1) is 12.2 Å². The smallest absolute Gasteiger partial charge is 0.235 e. The highest BCUT2D eigenvalue weighted by atomic mass is 19.1. The first-order chi connectivity index (χ1) is 8.30. The first-order valence-corrected chi connectivity index (χ1v) is 6.05. The van der Waals surface area contributed by atoms with Crippen LogP contribution >= 0.6 is 0 Å². The summed E-state index contributed by atoms with van der Waals surface area (Å²) in [7, 11) is 0. The van der Waals surface area contributed by atoms with Crippen LogP contribution in [0, 0.1) is 0 Å². The molecule has 0 N–H and O–H groups in total. The maximum absolute atomic E-state index is 12.2. The molecule has 17 heavy (non-hydrogen) atoms. The van der Waals surface area contributed by atoms with E-state index < -0.39 is 0 Å². The quantitative estimate of drug-likeness (QED) is 0.579. The van der Waals surface area contributed by atoms with Crippen molar-refractivity contribution >= 4 is 6.08 Å². The Balaban J connectivity index is 2.27. The maximum Gasteiger partial charge on any atom is 0.235 e. The van der Waals surface area contributed by atoms with Crippen molar-refractivity contribution in [2.45, 2.75) is 37.6 Å². The van der Waals surface area contributed by atoms with Crippen molar-refractivity contribution < 1.29 is 9.18 Å². The number of isocyanates is 1. The summed E-state index contributed by atoms with van der Waals surface area (Å²) in [6, 6.07) is 7.79. The van der Waals surface area contributed by atoms with Crippen molar-refractivity contribution in [3.63, 3.8) is 0 Å². The van der Waals surface area contributed by atoms with Crippen LogP contribution in [-0.2, 0) is 16.8 Å². The van der Waals surface area contributed by atoms with Crippen LogP contribution in [-0.4, -0.2) is 12.8 Å². The molecule has 1 aromatic rings. The van der Waals surface area contributed by atoms with Crippen LogP contribution in [0.15, 0.2) is 29.3 Å². The van der Waals surface area contributed by atoms with E-state index in [1.807, 2.05) is 24.3 Å². The lowest BCUT2D eigenvalue weighted by atomic mass is 9.88. The van der Waals surface area contributed by atoms with Crippen LogP contribution in [0.3, 0.4) is 0 Å². The lowest BCUT2D eigenvalue weighted by Crippen LogP contribution is -2.18. The number of carbonyl (C=O) groups excluding carboxylic acids is 1. The highest BCUT2D eigenvalue weighted by Crippen LogP contribution is 2.41. The topological polar surface area (TPSA) is 29.4 Å². The molecule has 0 bridgehead atoms. The molecule has 0 amide bonds. The van der Waals surface area contributed by atoms with Crippen LogP contribution in [0.5, 0.6) is 0 Å². The molecule has 1 aliphatic rings. The third kappa shape index (κ3) is 2.45. The van der Waals surface area contributed by atoms with Crippen LogP contribution in [0.25, 0.3) is 0 Å². The fourth-order valence-corrected chi connectivity index (χ4v) is 2.60. The van der Waals surface area contributed by atoms with Crippen LogP contribution in [0.2, 0.25) is 0 Å². The highest BCUT2D eigenvalue weighted by molar-refractivity contribution is 5.39. The Morgan fingerprint density at radius 1 is 1.24 bits per heavy atom. The minimum atomic E-state index is -0.365. The minimum absolute atomic E-state index is 0.336. The van der Waals surface area contributed by atoms with Gasteiger partial charge in [-0.2, -0.15) is 4.99 Å². The van der Waals surface area contributed by atoms with Gasteiger partial charge in [0.15, 0.2) is 0 Å². The number of aryl methyl sites for hydroxylation is 1. The fraction of sp³-hybridized carbons (Fsp3) is 0.500. The van der Waals surface area contributed by atoms with E-state index in [2.05, 4.69) is 4.99 Å². The number of alkyl halides is 1. The lowest BCUT2D eigenvalue weighted by Gasteiger charge is -2.22. The average molecular weight is 233 g/mol. The predicted octanol–water partition coefficient (Wildman–Crippen LogP) is 3.30. The summed E-state index contributed by atoms with van der Waals surface area (Å²) < 4.78 is 12.2. The van der Waals surface area contributed by atoms with Crippen molar-refractivity contribution in [3.05, 3.63) is 35.4 Å². The van der Waals surface area contributed by atoms with Gasteiger partial charge in [0.25, 0.3) is 0 Å². The summed E-state index contributed by atoms with van der Waals surface area (Å²) in [6.45, 7) is -0.336. The molecule has 0 aliphatic heterocycles. The van der Waals surface area contributed by atoms with E-state index in [1.165, 1.54) is 0 Å². The zero-order valence-electron chi connectivity index (χ0n) is 9.79. The van der Waals surface area contributed by atoms with Crippen LogP contribution in [0.1, 0.15) is 36.8 Å². The number of aliphatic imine (C=N–C) groups is 1. The summed E-state index contributed by atoms with van der Waals surface area (Å²) in [4.78, 5) is 14.6. The Hall–Kier alpha value is -1.47. The summed E-state index contributed by atoms with van der Waals surface area (Å²) in [5.74, 6) is 0. The number of hydrogen-bond acceptors (Lipinski definition) is 2. The standard InChI is InChI=1S/C14H16FNO/c15-10-7-12-3-5-13(6-4-12)14(16-11-17)8-1-2-9-14/h3-6H,1-2,7-10H2. The van der Waals surface area contributed by atoms with E-state index in [0.29, 0.717) is 6.42 Å². The molecule has 0 heterocycles. The van der Waals surface area contributed by atoms with Gasteiger partial charge < -0.3 is 0 Å². The van der Waals surface area contributed by atoms with E-state index in [1.54, 1.807) is 6.08 Å². The van der Waals surface area contributed by atoms with Gasteiger partial charge in [-0.15, -0.1) is 0 Å². The van der Waals surface area contributed by atoms with E-state index in [-0.39, 0.29) is 12.2 Å². The lowest BCUT2D eigenvalue weighted by molar-refractivity contribution is 0.455. The van der Waals surface area contributed by atoms with Crippen molar-refractivity contribution in [2.75, 3.05) is 6.67 Å². The third-order valence-corrected chi connectivity index (χ3v) is 3.56.